The summed E-state index contributed by atoms with van der Waals surface area (Å²) in [5.41, 5.74) is 6.57. The summed E-state index contributed by atoms with van der Waals surface area (Å²) in [4.78, 5) is 24.9. The van der Waals surface area contributed by atoms with Crippen LogP contribution in [0, 0.1) is 0 Å². The Kier molecular flexibility index (Phi) is 4.98. The Bertz CT molecular complexity index is 832. The second-order valence-corrected chi connectivity index (χ2v) is 7.93. The molecule has 0 unspecified atom stereocenters. The fraction of sp³-hybridized carbons (Fsp3) is 0.500. The van der Waals surface area contributed by atoms with E-state index in [2.05, 4.69) is 20.2 Å². The van der Waals surface area contributed by atoms with Crippen molar-refractivity contribution in [1.82, 2.24) is 15.3 Å². The lowest BCUT2D eigenvalue weighted by molar-refractivity contribution is -0.0758. The van der Waals surface area contributed by atoms with Crippen LogP contribution in [0.15, 0.2) is 18.3 Å². The Morgan fingerprint density at radius 3 is 3.00 bits per heavy atom. The second-order valence-electron chi connectivity index (χ2n) is 6.79. The van der Waals surface area contributed by atoms with Crippen LogP contribution in [0.25, 0.3) is 0 Å². The van der Waals surface area contributed by atoms with Crippen molar-refractivity contribution in [3.63, 3.8) is 0 Å². The van der Waals surface area contributed by atoms with Gasteiger partial charge in [0.15, 0.2) is 0 Å². The van der Waals surface area contributed by atoms with Crippen LogP contribution in [0.4, 0.5) is 11.8 Å². The number of anilines is 2. The van der Waals surface area contributed by atoms with Gasteiger partial charge in [-0.15, -0.1) is 11.3 Å². The highest BCUT2D eigenvalue weighted by Gasteiger charge is 2.42. The molecule has 0 aromatic carbocycles. The lowest BCUT2D eigenvalue weighted by Gasteiger charge is -2.44. The molecule has 1 saturated heterocycles. The lowest BCUT2D eigenvalue weighted by Crippen LogP contribution is -2.46. The first-order valence-electron chi connectivity index (χ1n) is 9.11. The number of nitrogens with one attached hydrogen (secondary N) is 1. The van der Waals surface area contributed by atoms with Crippen LogP contribution in [-0.2, 0) is 16.8 Å². The molecule has 0 atom stereocenters. The van der Waals surface area contributed by atoms with Crippen LogP contribution >= 0.6 is 11.3 Å². The van der Waals surface area contributed by atoms with Gasteiger partial charge < -0.3 is 25.8 Å². The smallest absolute Gasteiger partial charge is 0.261 e. The van der Waals surface area contributed by atoms with E-state index in [0.717, 1.165) is 37.9 Å². The number of fused-ring (bicyclic) bond motifs is 2. The maximum absolute atomic E-state index is 12.3. The van der Waals surface area contributed by atoms with Crippen LogP contribution in [0.3, 0.4) is 0 Å². The Balaban J connectivity index is 1.53. The molecule has 9 heteroatoms. The summed E-state index contributed by atoms with van der Waals surface area (Å²) in [6.07, 6.45) is 4.13. The van der Waals surface area contributed by atoms with Gasteiger partial charge in [0.2, 0.25) is 5.95 Å². The van der Waals surface area contributed by atoms with Gasteiger partial charge in [-0.25, -0.2) is 4.98 Å². The molecule has 1 spiro atoms. The number of aromatic nitrogens is 2. The highest BCUT2D eigenvalue weighted by Crippen LogP contribution is 2.44. The van der Waals surface area contributed by atoms with E-state index in [1.54, 1.807) is 12.3 Å². The van der Waals surface area contributed by atoms with Crippen molar-refractivity contribution in [2.75, 3.05) is 43.5 Å². The van der Waals surface area contributed by atoms with Crippen LogP contribution in [-0.4, -0.2) is 53.8 Å². The van der Waals surface area contributed by atoms with Gasteiger partial charge in [0, 0.05) is 37.1 Å². The fourth-order valence-electron chi connectivity index (χ4n) is 3.78. The summed E-state index contributed by atoms with van der Waals surface area (Å²) in [5.74, 6) is 0.979. The minimum absolute atomic E-state index is 0.0637. The van der Waals surface area contributed by atoms with E-state index in [-0.39, 0.29) is 24.7 Å². The summed E-state index contributed by atoms with van der Waals surface area (Å²) in [7, 11) is 0. The molecule has 4 N–H and O–H groups in total. The minimum Gasteiger partial charge on any atom is -0.395 e. The molecule has 1 amide bonds. The number of hydrogen-bond acceptors (Lipinski definition) is 8. The molecule has 0 aliphatic carbocycles. The second kappa shape index (κ2) is 7.41. The molecule has 0 saturated carbocycles. The number of rotatable bonds is 4. The van der Waals surface area contributed by atoms with Gasteiger partial charge in [-0.3, -0.25) is 4.79 Å². The van der Waals surface area contributed by atoms with Gasteiger partial charge in [-0.05, 0) is 30.5 Å². The van der Waals surface area contributed by atoms with Crippen molar-refractivity contribution in [3.8, 4) is 0 Å². The molecular weight excluding hydrogens is 366 g/mol. The van der Waals surface area contributed by atoms with E-state index in [9.17, 15) is 4.79 Å². The van der Waals surface area contributed by atoms with Crippen molar-refractivity contribution in [2.24, 2.45) is 0 Å². The van der Waals surface area contributed by atoms with Gasteiger partial charge >= 0.3 is 0 Å². The number of aliphatic hydroxyl groups is 1. The Labute approximate surface area is 161 Å². The quantitative estimate of drug-likeness (QED) is 0.712. The molecule has 0 bridgehead atoms. The van der Waals surface area contributed by atoms with Crippen LogP contribution in [0.2, 0.25) is 0 Å². The standard InChI is InChI=1S/C18H23N5O3S/c19-15-1-5-21-17(22-15)23-7-3-18(4-8-23)12-11-14(16(25)20-6-9-24)27-13(12)2-10-26-18/h1,5,11,24H,2-4,6-10H2,(H,20,25)(H2,19,21,22). The van der Waals surface area contributed by atoms with Crippen molar-refractivity contribution in [3.05, 3.63) is 33.6 Å². The lowest BCUT2D eigenvalue weighted by atomic mass is 9.82. The predicted octanol–water partition coefficient (Wildman–Crippen LogP) is 0.911. The molecule has 4 rings (SSSR count). The average Bonchev–Trinajstić information content (AvgIpc) is 3.13. The van der Waals surface area contributed by atoms with Gasteiger partial charge in [0.25, 0.3) is 5.91 Å². The first-order chi connectivity index (χ1) is 13.1. The number of piperidine rings is 1. The summed E-state index contributed by atoms with van der Waals surface area (Å²) in [6, 6.07) is 3.65. The average molecular weight is 389 g/mol. The molecular formula is C18H23N5O3S. The zero-order valence-corrected chi connectivity index (χ0v) is 15.8. The molecule has 2 aliphatic rings. The maximum atomic E-state index is 12.3. The van der Waals surface area contributed by atoms with Gasteiger partial charge in [-0.1, -0.05) is 0 Å². The highest BCUT2D eigenvalue weighted by molar-refractivity contribution is 7.14. The molecule has 1 fully saturated rings. The summed E-state index contributed by atoms with van der Waals surface area (Å²) >= 11 is 1.53. The van der Waals surface area contributed by atoms with Crippen LogP contribution < -0.4 is 16.0 Å². The third-order valence-corrected chi connectivity index (χ3v) is 6.34. The molecule has 144 valence electrons. The van der Waals surface area contributed by atoms with E-state index in [0.29, 0.717) is 23.3 Å². The number of nitrogens with two attached hydrogens (primary N) is 1. The molecule has 4 heterocycles. The van der Waals surface area contributed by atoms with Crippen molar-refractivity contribution in [2.45, 2.75) is 24.9 Å². The Hall–Kier alpha value is -2.23. The van der Waals surface area contributed by atoms with E-state index < -0.39 is 0 Å². The first-order valence-corrected chi connectivity index (χ1v) is 9.93. The van der Waals surface area contributed by atoms with Gasteiger partial charge in [0.1, 0.15) is 5.82 Å². The molecule has 0 radical (unpaired) electrons. The van der Waals surface area contributed by atoms with E-state index in [1.807, 2.05) is 6.07 Å². The number of hydrogen-bond donors (Lipinski definition) is 3. The molecule has 27 heavy (non-hydrogen) atoms. The van der Waals surface area contributed by atoms with Crippen LogP contribution in [0.5, 0.6) is 0 Å². The van der Waals surface area contributed by atoms with Crippen molar-refractivity contribution < 1.29 is 14.6 Å². The first kappa shape index (κ1) is 18.1. The Morgan fingerprint density at radius 1 is 1.44 bits per heavy atom. The van der Waals surface area contributed by atoms with E-state index in [1.165, 1.54) is 16.2 Å². The molecule has 2 aromatic rings. The summed E-state index contributed by atoms with van der Waals surface area (Å²) < 4.78 is 6.26. The Morgan fingerprint density at radius 2 is 2.26 bits per heavy atom. The predicted molar refractivity (Wildman–Crippen MR) is 103 cm³/mol. The number of carbonyl (C=O) groups is 1. The van der Waals surface area contributed by atoms with Gasteiger partial charge in [-0.2, -0.15) is 4.98 Å². The number of nitrogens with zero attached hydrogens (tertiary/aromatic N) is 3. The minimum atomic E-state index is -0.351. The molecule has 2 aromatic heterocycles. The number of aliphatic hydroxyl groups excluding tert-OH is 1. The highest BCUT2D eigenvalue weighted by atomic mass is 32.1. The SMILES string of the molecule is Nc1ccnc(N2CCC3(CC2)OCCc2sc(C(=O)NCCO)cc23)n1. The van der Waals surface area contributed by atoms with Crippen LogP contribution in [0.1, 0.15) is 33.0 Å². The largest absolute Gasteiger partial charge is 0.395 e. The van der Waals surface area contributed by atoms with Crippen molar-refractivity contribution >= 4 is 29.0 Å². The molecule has 8 nitrogen and oxygen atoms in total. The zero-order chi connectivity index (χ0) is 18.9. The monoisotopic (exact) mass is 389 g/mol. The number of ether oxygens (including phenoxy) is 1. The van der Waals surface area contributed by atoms with Gasteiger partial charge in [0.05, 0.1) is 23.7 Å². The summed E-state index contributed by atoms with van der Waals surface area (Å²) in [6.45, 7) is 2.40. The third kappa shape index (κ3) is 3.50. The normalized spacial score (nSPS) is 18.3. The van der Waals surface area contributed by atoms with E-state index >= 15 is 0 Å². The zero-order valence-electron chi connectivity index (χ0n) is 15.0. The third-order valence-electron chi connectivity index (χ3n) is 5.15. The topological polar surface area (TPSA) is 114 Å². The van der Waals surface area contributed by atoms with E-state index in [4.69, 9.17) is 15.6 Å². The molecule has 2 aliphatic heterocycles. The van der Waals surface area contributed by atoms with Crippen molar-refractivity contribution in [1.29, 1.82) is 0 Å². The number of thiophene rings is 1. The summed E-state index contributed by atoms with van der Waals surface area (Å²) in [5, 5.41) is 11.6. The number of nitrogen functional groups attached to an aromatic ring is 1. The number of amides is 1. The number of carbonyl (C=O) groups excluding carboxylic acids is 1. The fourth-order valence-corrected chi connectivity index (χ4v) is 4.93. The maximum Gasteiger partial charge on any atom is 0.261 e.